The van der Waals surface area contributed by atoms with Crippen molar-refractivity contribution in [1.29, 1.82) is 0 Å². The number of nitrogens with one attached hydrogen (secondary N) is 2. The van der Waals surface area contributed by atoms with E-state index in [-0.39, 0.29) is 30.4 Å². The van der Waals surface area contributed by atoms with E-state index in [4.69, 9.17) is 0 Å². The Morgan fingerprint density at radius 2 is 1.77 bits per heavy atom. The number of hydrogen-bond donors (Lipinski definition) is 2. The molecule has 2 N–H and O–H groups in total. The Labute approximate surface area is 140 Å². The summed E-state index contributed by atoms with van der Waals surface area (Å²) in [6.07, 6.45) is 0. The van der Waals surface area contributed by atoms with E-state index in [2.05, 4.69) is 26.6 Å². The molecule has 22 heavy (non-hydrogen) atoms. The third-order valence-corrected chi connectivity index (χ3v) is 3.67. The highest BCUT2D eigenvalue weighted by molar-refractivity contribution is 9.10. The standard InChI is InChI=1S/C16H24BrN3O2/c1-11-8-12(6-7-13(11)17)18-14(21)9-20(5)10-15(22)19-16(2,3)4/h6-8H,9-10H2,1-5H3,(H,18,21)(H,19,22). The molecule has 6 heteroatoms. The monoisotopic (exact) mass is 369 g/mol. The summed E-state index contributed by atoms with van der Waals surface area (Å²) in [5.41, 5.74) is 1.53. The minimum atomic E-state index is -0.269. The van der Waals surface area contributed by atoms with Crippen LogP contribution in [0.4, 0.5) is 5.69 Å². The number of aryl methyl sites for hydroxylation is 1. The van der Waals surface area contributed by atoms with Crippen LogP contribution in [0.25, 0.3) is 0 Å². The number of likely N-dealkylation sites (N-methyl/N-ethyl adjacent to an activating group) is 1. The van der Waals surface area contributed by atoms with E-state index in [1.54, 1.807) is 11.9 Å². The SMILES string of the molecule is Cc1cc(NC(=O)CN(C)CC(=O)NC(C)(C)C)ccc1Br. The Morgan fingerprint density at radius 1 is 1.18 bits per heavy atom. The number of anilines is 1. The topological polar surface area (TPSA) is 61.4 Å². The maximum absolute atomic E-state index is 12.0. The smallest absolute Gasteiger partial charge is 0.238 e. The molecule has 0 aliphatic carbocycles. The maximum Gasteiger partial charge on any atom is 0.238 e. The van der Waals surface area contributed by atoms with Crippen molar-refractivity contribution in [2.24, 2.45) is 0 Å². The van der Waals surface area contributed by atoms with Crippen LogP contribution in [0.3, 0.4) is 0 Å². The quantitative estimate of drug-likeness (QED) is 0.838. The summed E-state index contributed by atoms with van der Waals surface area (Å²) < 4.78 is 1.00. The van der Waals surface area contributed by atoms with E-state index in [0.717, 1.165) is 15.7 Å². The Balaban J connectivity index is 2.47. The van der Waals surface area contributed by atoms with Crippen molar-refractivity contribution in [1.82, 2.24) is 10.2 Å². The molecule has 0 unspecified atom stereocenters. The third-order valence-electron chi connectivity index (χ3n) is 2.78. The molecular formula is C16H24BrN3O2. The van der Waals surface area contributed by atoms with Crippen molar-refractivity contribution >= 4 is 33.4 Å². The molecule has 0 bridgehead atoms. The molecule has 0 atom stereocenters. The lowest BCUT2D eigenvalue weighted by atomic mass is 10.1. The summed E-state index contributed by atoms with van der Waals surface area (Å²) in [5.74, 6) is -0.241. The highest BCUT2D eigenvalue weighted by atomic mass is 79.9. The minimum Gasteiger partial charge on any atom is -0.350 e. The van der Waals surface area contributed by atoms with Gasteiger partial charge >= 0.3 is 0 Å². The summed E-state index contributed by atoms with van der Waals surface area (Å²) in [6, 6.07) is 5.63. The molecular weight excluding hydrogens is 346 g/mol. The fourth-order valence-electron chi connectivity index (χ4n) is 1.93. The normalized spacial score (nSPS) is 11.4. The lowest BCUT2D eigenvalue weighted by Crippen LogP contribution is -2.46. The first-order valence-electron chi connectivity index (χ1n) is 7.12. The Hall–Kier alpha value is -1.40. The second kappa shape index (κ2) is 7.74. The zero-order valence-corrected chi connectivity index (χ0v) is 15.4. The van der Waals surface area contributed by atoms with Crippen LogP contribution in [0, 0.1) is 6.92 Å². The summed E-state index contributed by atoms with van der Waals surface area (Å²) in [7, 11) is 1.74. The molecule has 2 amide bonds. The first-order chi connectivity index (χ1) is 10.1. The largest absolute Gasteiger partial charge is 0.350 e. The summed E-state index contributed by atoms with van der Waals surface area (Å²) in [6.45, 7) is 8.08. The van der Waals surface area contributed by atoms with E-state index >= 15 is 0 Å². The van der Waals surface area contributed by atoms with Crippen LogP contribution in [-0.4, -0.2) is 42.4 Å². The number of carbonyl (C=O) groups is 2. The molecule has 0 heterocycles. The van der Waals surface area contributed by atoms with E-state index < -0.39 is 0 Å². The molecule has 1 rings (SSSR count). The highest BCUT2D eigenvalue weighted by Gasteiger charge is 2.16. The number of amides is 2. The first-order valence-corrected chi connectivity index (χ1v) is 7.92. The molecule has 0 fully saturated rings. The van der Waals surface area contributed by atoms with Crippen molar-refractivity contribution in [3.8, 4) is 0 Å². The van der Waals surface area contributed by atoms with Gasteiger partial charge in [-0.25, -0.2) is 0 Å². The molecule has 0 aliphatic heterocycles. The molecule has 5 nitrogen and oxygen atoms in total. The first kappa shape index (κ1) is 18.6. The molecule has 122 valence electrons. The van der Waals surface area contributed by atoms with Gasteiger partial charge in [0.15, 0.2) is 0 Å². The maximum atomic E-state index is 12.0. The molecule has 1 aromatic carbocycles. The summed E-state index contributed by atoms with van der Waals surface area (Å²) in [5, 5.41) is 5.70. The fourth-order valence-corrected chi connectivity index (χ4v) is 2.17. The number of nitrogens with zero attached hydrogens (tertiary/aromatic N) is 1. The van der Waals surface area contributed by atoms with Crippen molar-refractivity contribution < 1.29 is 9.59 Å². The average molecular weight is 370 g/mol. The predicted molar refractivity (Wildman–Crippen MR) is 92.9 cm³/mol. The van der Waals surface area contributed by atoms with E-state index in [1.165, 1.54) is 0 Å². The van der Waals surface area contributed by atoms with Crippen molar-refractivity contribution in [3.63, 3.8) is 0 Å². The van der Waals surface area contributed by atoms with Gasteiger partial charge in [0.25, 0.3) is 0 Å². The van der Waals surface area contributed by atoms with Crippen LogP contribution < -0.4 is 10.6 Å². The van der Waals surface area contributed by atoms with Gasteiger partial charge in [0.2, 0.25) is 11.8 Å². The van der Waals surface area contributed by atoms with Crippen LogP contribution in [0.1, 0.15) is 26.3 Å². The average Bonchev–Trinajstić information content (AvgIpc) is 2.30. The molecule has 0 saturated heterocycles. The summed E-state index contributed by atoms with van der Waals surface area (Å²) in [4.78, 5) is 25.5. The van der Waals surface area contributed by atoms with Crippen molar-refractivity contribution in [3.05, 3.63) is 28.2 Å². The Bertz CT molecular complexity index is 553. The number of hydrogen-bond acceptors (Lipinski definition) is 3. The van der Waals surface area contributed by atoms with Gasteiger partial charge in [-0.1, -0.05) is 15.9 Å². The lowest BCUT2D eigenvalue weighted by molar-refractivity contribution is -0.124. The third kappa shape index (κ3) is 7.04. The van der Waals surface area contributed by atoms with Crippen LogP contribution in [0.5, 0.6) is 0 Å². The summed E-state index contributed by atoms with van der Waals surface area (Å²) >= 11 is 3.42. The van der Waals surface area contributed by atoms with Crippen molar-refractivity contribution in [2.75, 3.05) is 25.5 Å². The van der Waals surface area contributed by atoms with Gasteiger partial charge < -0.3 is 10.6 Å². The molecule has 0 aliphatic rings. The van der Waals surface area contributed by atoms with Crippen LogP contribution in [0.2, 0.25) is 0 Å². The lowest BCUT2D eigenvalue weighted by Gasteiger charge is -2.23. The van der Waals surface area contributed by atoms with Crippen molar-refractivity contribution in [2.45, 2.75) is 33.2 Å². The second-order valence-corrected chi connectivity index (χ2v) is 7.34. The van der Waals surface area contributed by atoms with Gasteiger partial charge in [-0.3, -0.25) is 14.5 Å². The highest BCUT2D eigenvalue weighted by Crippen LogP contribution is 2.19. The molecule has 0 radical (unpaired) electrons. The van der Waals surface area contributed by atoms with Crippen LogP contribution in [0.15, 0.2) is 22.7 Å². The molecule has 0 aromatic heterocycles. The Kier molecular flexibility index (Phi) is 6.56. The van der Waals surface area contributed by atoms with Crippen LogP contribution in [-0.2, 0) is 9.59 Å². The minimum absolute atomic E-state index is 0.0951. The fraction of sp³-hybridized carbons (Fsp3) is 0.500. The van der Waals surface area contributed by atoms with Gasteiger partial charge in [-0.05, 0) is 58.5 Å². The van der Waals surface area contributed by atoms with Gasteiger partial charge in [-0.15, -0.1) is 0 Å². The predicted octanol–water partition coefficient (Wildman–Crippen LogP) is 2.54. The zero-order valence-electron chi connectivity index (χ0n) is 13.8. The van der Waals surface area contributed by atoms with E-state index in [9.17, 15) is 9.59 Å². The van der Waals surface area contributed by atoms with Gasteiger partial charge in [0.05, 0.1) is 13.1 Å². The number of benzene rings is 1. The van der Waals surface area contributed by atoms with E-state index in [1.807, 2.05) is 45.9 Å². The van der Waals surface area contributed by atoms with Crippen LogP contribution >= 0.6 is 15.9 Å². The molecule has 0 spiro atoms. The number of rotatable bonds is 5. The van der Waals surface area contributed by atoms with Gasteiger partial charge in [0.1, 0.15) is 0 Å². The van der Waals surface area contributed by atoms with E-state index in [0.29, 0.717) is 0 Å². The Morgan fingerprint density at radius 3 is 2.32 bits per heavy atom. The molecule has 0 saturated carbocycles. The van der Waals surface area contributed by atoms with Gasteiger partial charge in [0, 0.05) is 15.7 Å². The molecule has 1 aromatic rings. The zero-order chi connectivity index (χ0) is 16.9. The second-order valence-electron chi connectivity index (χ2n) is 6.48. The van der Waals surface area contributed by atoms with Gasteiger partial charge in [-0.2, -0.15) is 0 Å². The number of halogens is 1. The number of carbonyl (C=O) groups excluding carboxylic acids is 2.